The molecule has 0 aromatic carbocycles. The Bertz CT molecular complexity index is 717. The van der Waals surface area contributed by atoms with E-state index in [0.29, 0.717) is 11.2 Å². The van der Waals surface area contributed by atoms with Gasteiger partial charge in [0.05, 0.1) is 12.9 Å². The van der Waals surface area contributed by atoms with E-state index in [4.69, 9.17) is 4.74 Å². The highest BCUT2D eigenvalue weighted by Crippen LogP contribution is 2.33. The maximum atomic E-state index is 10.2. The highest BCUT2D eigenvalue weighted by atomic mass is 16.6. The van der Waals surface area contributed by atoms with Crippen LogP contribution in [-0.4, -0.2) is 72.8 Å². The molecular formula is C15H21N5O4. The molecule has 0 amide bonds. The first-order valence-corrected chi connectivity index (χ1v) is 8.25. The molecule has 4 atom stereocenters. The molecule has 0 unspecified atom stereocenters. The fourth-order valence-electron chi connectivity index (χ4n) is 3.47. The van der Waals surface area contributed by atoms with E-state index in [1.807, 2.05) is 0 Å². The fourth-order valence-corrected chi connectivity index (χ4v) is 3.47. The third-order valence-electron chi connectivity index (χ3n) is 4.79. The van der Waals surface area contributed by atoms with E-state index < -0.39 is 24.5 Å². The van der Waals surface area contributed by atoms with E-state index in [2.05, 4.69) is 19.9 Å². The molecule has 2 aliphatic heterocycles. The molecule has 9 nitrogen and oxygen atoms in total. The molecule has 24 heavy (non-hydrogen) atoms. The molecule has 4 rings (SSSR count). The topological polar surface area (TPSA) is 117 Å². The van der Waals surface area contributed by atoms with Gasteiger partial charge < -0.3 is 25.0 Å². The molecule has 2 saturated heterocycles. The molecule has 2 fully saturated rings. The summed E-state index contributed by atoms with van der Waals surface area (Å²) in [4.78, 5) is 15.3. The lowest BCUT2D eigenvalue weighted by Gasteiger charge is -2.27. The normalized spacial score (nSPS) is 31.0. The third kappa shape index (κ3) is 2.44. The highest BCUT2D eigenvalue weighted by molar-refractivity contribution is 5.83. The van der Waals surface area contributed by atoms with Crippen molar-refractivity contribution in [1.82, 2.24) is 19.5 Å². The number of imidazole rings is 1. The van der Waals surface area contributed by atoms with Gasteiger partial charge in [-0.1, -0.05) is 0 Å². The standard InChI is InChI=1S/C15H21N5O4/c21-6-9-11(22)12(23)15(24-9)20-8-18-10-13(16-7-17-14(10)20)19-4-2-1-3-5-19/h7-9,11-12,15,21-23H,1-6H2/t9-,11-,12+,15-/m0/s1. The summed E-state index contributed by atoms with van der Waals surface area (Å²) in [5.41, 5.74) is 1.19. The quantitative estimate of drug-likeness (QED) is 0.683. The Hall–Kier alpha value is -1.81. The van der Waals surface area contributed by atoms with Crippen LogP contribution in [0.5, 0.6) is 0 Å². The average molecular weight is 335 g/mol. The van der Waals surface area contributed by atoms with Crippen molar-refractivity contribution in [3.8, 4) is 0 Å². The molecule has 2 aliphatic rings. The zero-order valence-corrected chi connectivity index (χ0v) is 13.2. The molecule has 130 valence electrons. The van der Waals surface area contributed by atoms with Crippen molar-refractivity contribution in [3.05, 3.63) is 12.7 Å². The molecular weight excluding hydrogens is 314 g/mol. The predicted octanol–water partition coefficient (Wildman–Crippen LogP) is -0.572. The second-order valence-electron chi connectivity index (χ2n) is 6.30. The largest absolute Gasteiger partial charge is 0.394 e. The monoisotopic (exact) mass is 335 g/mol. The van der Waals surface area contributed by atoms with Crippen molar-refractivity contribution in [3.63, 3.8) is 0 Å². The van der Waals surface area contributed by atoms with Gasteiger partial charge in [0.1, 0.15) is 24.6 Å². The molecule has 2 aromatic heterocycles. The van der Waals surface area contributed by atoms with Gasteiger partial charge in [0.2, 0.25) is 0 Å². The van der Waals surface area contributed by atoms with Crippen LogP contribution in [0, 0.1) is 0 Å². The molecule has 9 heteroatoms. The summed E-state index contributed by atoms with van der Waals surface area (Å²) in [5.74, 6) is 0.783. The first-order valence-electron chi connectivity index (χ1n) is 8.25. The van der Waals surface area contributed by atoms with Crippen LogP contribution in [0.1, 0.15) is 25.5 Å². The van der Waals surface area contributed by atoms with E-state index in [1.54, 1.807) is 4.57 Å². The first kappa shape index (κ1) is 15.7. The number of fused-ring (bicyclic) bond motifs is 1. The number of anilines is 1. The van der Waals surface area contributed by atoms with Gasteiger partial charge in [-0.05, 0) is 19.3 Å². The Kier molecular flexibility index (Phi) is 4.09. The van der Waals surface area contributed by atoms with E-state index in [-0.39, 0.29) is 6.61 Å². The summed E-state index contributed by atoms with van der Waals surface area (Å²) in [6, 6.07) is 0. The van der Waals surface area contributed by atoms with E-state index in [9.17, 15) is 15.3 Å². The van der Waals surface area contributed by atoms with E-state index in [0.717, 1.165) is 31.7 Å². The Morgan fingerprint density at radius 2 is 1.88 bits per heavy atom. The summed E-state index contributed by atoms with van der Waals surface area (Å²) in [5, 5.41) is 29.4. The van der Waals surface area contributed by atoms with E-state index >= 15 is 0 Å². The minimum atomic E-state index is -1.16. The van der Waals surface area contributed by atoms with Crippen molar-refractivity contribution in [1.29, 1.82) is 0 Å². The Morgan fingerprint density at radius 3 is 2.58 bits per heavy atom. The highest BCUT2D eigenvalue weighted by Gasteiger charge is 2.44. The molecule has 0 bridgehead atoms. The minimum Gasteiger partial charge on any atom is -0.394 e. The molecule has 0 saturated carbocycles. The Balaban J connectivity index is 1.71. The molecule has 2 aromatic rings. The molecule has 0 spiro atoms. The van der Waals surface area contributed by atoms with Crippen molar-refractivity contribution >= 4 is 17.0 Å². The van der Waals surface area contributed by atoms with Crippen LogP contribution in [0.3, 0.4) is 0 Å². The van der Waals surface area contributed by atoms with Crippen LogP contribution in [0.4, 0.5) is 5.82 Å². The minimum absolute atomic E-state index is 0.366. The van der Waals surface area contributed by atoms with Crippen LogP contribution >= 0.6 is 0 Å². The molecule has 0 aliphatic carbocycles. The lowest BCUT2D eigenvalue weighted by atomic mass is 10.1. The second-order valence-corrected chi connectivity index (χ2v) is 6.30. The van der Waals surface area contributed by atoms with Gasteiger partial charge in [-0.3, -0.25) is 4.57 Å². The van der Waals surface area contributed by atoms with Gasteiger partial charge in [0.15, 0.2) is 23.2 Å². The van der Waals surface area contributed by atoms with Gasteiger partial charge in [-0.2, -0.15) is 0 Å². The smallest absolute Gasteiger partial charge is 0.167 e. The third-order valence-corrected chi connectivity index (χ3v) is 4.79. The number of nitrogens with zero attached hydrogens (tertiary/aromatic N) is 5. The lowest BCUT2D eigenvalue weighted by Crippen LogP contribution is -2.33. The van der Waals surface area contributed by atoms with Crippen molar-refractivity contribution in [2.45, 2.75) is 43.8 Å². The zero-order valence-electron chi connectivity index (χ0n) is 13.2. The predicted molar refractivity (Wildman–Crippen MR) is 84.4 cm³/mol. The number of hydrogen-bond donors (Lipinski definition) is 3. The second kappa shape index (κ2) is 6.25. The molecule has 0 radical (unpaired) electrons. The summed E-state index contributed by atoms with van der Waals surface area (Å²) < 4.78 is 7.16. The Morgan fingerprint density at radius 1 is 1.08 bits per heavy atom. The summed E-state index contributed by atoms with van der Waals surface area (Å²) >= 11 is 0. The average Bonchev–Trinajstić information content (AvgIpc) is 3.17. The summed E-state index contributed by atoms with van der Waals surface area (Å²) in [7, 11) is 0. The lowest BCUT2D eigenvalue weighted by molar-refractivity contribution is -0.0511. The summed E-state index contributed by atoms with van der Waals surface area (Å²) in [6.07, 6.45) is 2.51. The number of aromatic nitrogens is 4. The summed E-state index contributed by atoms with van der Waals surface area (Å²) in [6.45, 7) is 1.51. The van der Waals surface area contributed by atoms with Crippen molar-refractivity contribution < 1.29 is 20.1 Å². The number of hydrogen-bond acceptors (Lipinski definition) is 8. The van der Waals surface area contributed by atoms with Crippen LogP contribution in [0.2, 0.25) is 0 Å². The number of piperidine rings is 1. The Labute approximate surface area is 138 Å². The van der Waals surface area contributed by atoms with Crippen molar-refractivity contribution in [2.75, 3.05) is 24.6 Å². The van der Waals surface area contributed by atoms with Gasteiger partial charge in [0.25, 0.3) is 0 Å². The maximum absolute atomic E-state index is 10.2. The maximum Gasteiger partial charge on any atom is 0.167 e. The number of aliphatic hydroxyl groups is 3. The fraction of sp³-hybridized carbons (Fsp3) is 0.667. The first-order chi connectivity index (χ1) is 11.7. The van der Waals surface area contributed by atoms with Gasteiger partial charge in [0, 0.05) is 13.1 Å². The number of rotatable bonds is 3. The van der Waals surface area contributed by atoms with Crippen molar-refractivity contribution in [2.24, 2.45) is 0 Å². The zero-order chi connectivity index (χ0) is 16.7. The number of ether oxygens (including phenoxy) is 1. The van der Waals surface area contributed by atoms with E-state index in [1.165, 1.54) is 19.1 Å². The van der Waals surface area contributed by atoms with Gasteiger partial charge in [-0.15, -0.1) is 0 Å². The van der Waals surface area contributed by atoms with Crippen LogP contribution in [0.25, 0.3) is 11.2 Å². The number of aliphatic hydroxyl groups excluding tert-OH is 3. The van der Waals surface area contributed by atoms with Crippen LogP contribution < -0.4 is 4.90 Å². The SMILES string of the molecule is OC[C@@H]1O[C@H](n2cnc3c(N4CCCCC4)ncnc32)[C@H](O)[C@H]1O. The van der Waals surface area contributed by atoms with Crippen LogP contribution in [-0.2, 0) is 4.74 Å². The van der Waals surface area contributed by atoms with Gasteiger partial charge in [-0.25, -0.2) is 15.0 Å². The molecule has 3 N–H and O–H groups in total. The van der Waals surface area contributed by atoms with Gasteiger partial charge >= 0.3 is 0 Å². The molecule has 4 heterocycles. The van der Waals surface area contributed by atoms with Crippen LogP contribution in [0.15, 0.2) is 12.7 Å².